The van der Waals surface area contributed by atoms with E-state index in [1.807, 2.05) is 0 Å². The zero-order chi connectivity index (χ0) is 20.2. The van der Waals surface area contributed by atoms with Gasteiger partial charge in [0.25, 0.3) is 11.8 Å². The number of imide groups is 1. The first-order valence-corrected chi connectivity index (χ1v) is 10.3. The van der Waals surface area contributed by atoms with Gasteiger partial charge in [0, 0.05) is 13.1 Å². The van der Waals surface area contributed by atoms with Gasteiger partial charge in [0.2, 0.25) is 0 Å². The first-order valence-electron chi connectivity index (χ1n) is 8.47. The Kier molecular flexibility index (Phi) is 6.53. The van der Waals surface area contributed by atoms with Gasteiger partial charge in [-0.15, -0.1) is 0 Å². The molecule has 1 N–H and O–H groups in total. The Morgan fingerprint density at radius 1 is 1.19 bits per heavy atom. The van der Waals surface area contributed by atoms with Gasteiger partial charge in [0.1, 0.15) is 0 Å². The van der Waals surface area contributed by atoms with Crippen LogP contribution in [-0.4, -0.2) is 72.1 Å². The van der Waals surface area contributed by atoms with Crippen molar-refractivity contribution in [1.82, 2.24) is 9.80 Å². The van der Waals surface area contributed by atoms with Crippen molar-refractivity contribution < 1.29 is 32.3 Å². The maximum Gasteiger partial charge on any atom is 0.409 e. The Labute approximate surface area is 156 Å². The highest BCUT2D eigenvalue weighted by molar-refractivity contribution is 7.91. The molecule has 1 atom stereocenters. The Morgan fingerprint density at radius 3 is 2.22 bits per heavy atom. The van der Waals surface area contributed by atoms with E-state index in [1.165, 1.54) is 12.1 Å². The predicted octanol–water partition coefficient (Wildman–Crippen LogP) is 1.77. The molecule has 0 spiro atoms. The summed E-state index contributed by atoms with van der Waals surface area (Å²) >= 11 is 0. The van der Waals surface area contributed by atoms with E-state index in [4.69, 9.17) is 5.11 Å². The Balaban J connectivity index is 1.96. The fourth-order valence-corrected chi connectivity index (χ4v) is 3.90. The van der Waals surface area contributed by atoms with E-state index in [9.17, 15) is 27.2 Å². The van der Waals surface area contributed by atoms with Crippen molar-refractivity contribution in [3.63, 3.8) is 0 Å². The number of carboxylic acid groups (broad SMARTS) is 1. The molecule has 27 heavy (non-hydrogen) atoms. The van der Waals surface area contributed by atoms with Gasteiger partial charge in [-0.3, -0.25) is 19.4 Å². The summed E-state index contributed by atoms with van der Waals surface area (Å²) in [4.78, 5) is 36.8. The highest BCUT2D eigenvalue weighted by atomic mass is 32.2. The number of fused-ring (bicyclic) bond motifs is 1. The summed E-state index contributed by atoms with van der Waals surface area (Å²) in [6.45, 7) is 0.835. The summed E-state index contributed by atoms with van der Waals surface area (Å²) < 4.78 is 38.2. The molecule has 0 aromatic heterocycles. The van der Waals surface area contributed by atoms with E-state index in [2.05, 4.69) is 0 Å². The molecule has 2 rings (SSSR count). The van der Waals surface area contributed by atoms with Gasteiger partial charge in [-0.25, -0.2) is 17.6 Å². The maximum atomic E-state index is 13.8. The summed E-state index contributed by atoms with van der Waals surface area (Å²) in [5, 5.41) is 9.03. The van der Waals surface area contributed by atoms with E-state index in [-0.39, 0.29) is 24.1 Å². The maximum absolute atomic E-state index is 13.8. The molecule has 3 amide bonds. The molecule has 10 heteroatoms. The lowest BCUT2D eigenvalue weighted by atomic mass is 10.1. The lowest BCUT2D eigenvalue weighted by molar-refractivity contribution is 0.0662. The van der Waals surface area contributed by atoms with Crippen molar-refractivity contribution >= 4 is 27.7 Å². The Hall–Kier alpha value is -2.49. The number of carbonyl (C=O) groups is 3. The molecule has 148 valence electrons. The first-order chi connectivity index (χ1) is 12.7. The first kappa shape index (κ1) is 20.8. The number of sulfone groups is 1. The van der Waals surface area contributed by atoms with Gasteiger partial charge in [0.05, 0.1) is 22.6 Å². The highest BCUT2D eigenvalue weighted by Gasteiger charge is 2.35. The van der Waals surface area contributed by atoms with Gasteiger partial charge >= 0.3 is 6.09 Å². The third kappa shape index (κ3) is 4.82. The average molecular weight is 400 g/mol. The van der Waals surface area contributed by atoms with Crippen molar-refractivity contribution in [2.75, 3.05) is 24.6 Å². The molecule has 1 aliphatic rings. The number of nitrogens with zero attached hydrogens (tertiary/aromatic N) is 2. The molecule has 0 bridgehead atoms. The van der Waals surface area contributed by atoms with Crippen LogP contribution >= 0.6 is 0 Å². The second-order valence-corrected chi connectivity index (χ2v) is 8.46. The molecule has 1 aliphatic heterocycles. The fourth-order valence-electron chi connectivity index (χ4n) is 2.76. The molecule has 1 aromatic rings. The number of carbonyl (C=O) groups excluding carboxylic acids is 2. The van der Waals surface area contributed by atoms with Crippen LogP contribution in [0.3, 0.4) is 0 Å². The third-order valence-corrected chi connectivity index (χ3v) is 5.87. The largest absolute Gasteiger partial charge is 0.465 e. The predicted molar refractivity (Wildman–Crippen MR) is 95.0 cm³/mol. The van der Waals surface area contributed by atoms with Crippen LogP contribution in [0.25, 0.3) is 0 Å². The van der Waals surface area contributed by atoms with Crippen LogP contribution < -0.4 is 0 Å². The van der Waals surface area contributed by atoms with Gasteiger partial charge in [-0.05, 0) is 18.6 Å². The molecular formula is C17H21FN2O6S. The van der Waals surface area contributed by atoms with Crippen LogP contribution in [0.4, 0.5) is 9.18 Å². The van der Waals surface area contributed by atoms with Crippen LogP contribution in [0.5, 0.6) is 0 Å². The molecule has 0 saturated heterocycles. The second kappa shape index (κ2) is 8.47. The van der Waals surface area contributed by atoms with E-state index in [0.717, 1.165) is 4.90 Å². The average Bonchev–Trinajstić information content (AvgIpc) is 2.84. The Morgan fingerprint density at radius 2 is 1.74 bits per heavy atom. The SMILES string of the molecule is CCCC(F)N(CCS(=O)(=O)CCN1C(=O)c2ccccc2C1=O)C(=O)O. The van der Waals surface area contributed by atoms with E-state index in [1.54, 1.807) is 19.1 Å². The highest BCUT2D eigenvalue weighted by Crippen LogP contribution is 2.22. The quantitative estimate of drug-likeness (QED) is 0.499. The van der Waals surface area contributed by atoms with Crippen molar-refractivity contribution in [2.24, 2.45) is 0 Å². The topological polar surface area (TPSA) is 112 Å². The lowest BCUT2D eigenvalue weighted by Crippen LogP contribution is -2.41. The summed E-state index contributed by atoms with van der Waals surface area (Å²) in [5.74, 6) is -2.24. The second-order valence-electron chi connectivity index (χ2n) is 6.16. The Bertz CT molecular complexity index is 807. The minimum absolute atomic E-state index is 0.0264. The molecule has 0 radical (unpaired) electrons. The molecule has 1 unspecified atom stereocenters. The van der Waals surface area contributed by atoms with Crippen molar-refractivity contribution in [3.05, 3.63) is 35.4 Å². The molecule has 8 nitrogen and oxygen atoms in total. The van der Waals surface area contributed by atoms with E-state index in [0.29, 0.717) is 11.3 Å². The molecule has 1 heterocycles. The smallest absolute Gasteiger partial charge is 0.409 e. The summed E-state index contributed by atoms with van der Waals surface area (Å²) in [5.41, 5.74) is 0.438. The number of halogens is 1. The molecule has 0 aliphatic carbocycles. The van der Waals surface area contributed by atoms with Crippen molar-refractivity contribution in [3.8, 4) is 0 Å². The number of rotatable bonds is 9. The van der Waals surface area contributed by atoms with Crippen molar-refractivity contribution in [2.45, 2.75) is 26.1 Å². The van der Waals surface area contributed by atoms with Crippen molar-refractivity contribution in [1.29, 1.82) is 0 Å². The zero-order valence-electron chi connectivity index (χ0n) is 14.8. The normalized spacial score (nSPS) is 15.0. The number of hydrogen-bond acceptors (Lipinski definition) is 5. The number of hydrogen-bond donors (Lipinski definition) is 1. The zero-order valence-corrected chi connectivity index (χ0v) is 15.6. The molecular weight excluding hydrogens is 379 g/mol. The monoisotopic (exact) mass is 400 g/mol. The van der Waals surface area contributed by atoms with Crippen LogP contribution in [-0.2, 0) is 9.84 Å². The van der Waals surface area contributed by atoms with Crippen LogP contribution in [0.15, 0.2) is 24.3 Å². The molecule has 1 aromatic carbocycles. The summed E-state index contributed by atoms with van der Waals surface area (Å²) in [6, 6.07) is 6.19. The summed E-state index contributed by atoms with van der Waals surface area (Å²) in [6.07, 6.45) is -2.93. The van der Waals surface area contributed by atoms with Gasteiger partial charge < -0.3 is 5.11 Å². The van der Waals surface area contributed by atoms with Gasteiger partial charge in [-0.1, -0.05) is 25.5 Å². The number of amides is 3. The molecule has 0 fully saturated rings. The number of benzene rings is 1. The molecule has 0 saturated carbocycles. The van der Waals surface area contributed by atoms with Crippen LogP contribution in [0, 0.1) is 0 Å². The van der Waals surface area contributed by atoms with E-state index >= 15 is 0 Å². The fraction of sp³-hybridized carbons (Fsp3) is 0.471. The minimum Gasteiger partial charge on any atom is -0.465 e. The number of alkyl halides is 1. The summed E-state index contributed by atoms with van der Waals surface area (Å²) in [7, 11) is -3.80. The van der Waals surface area contributed by atoms with Crippen LogP contribution in [0.1, 0.15) is 40.5 Å². The lowest BCUT2D eigenvalue weighted by Gasteiger charge is -2.23. The minimum atomic E-state index is -3.80. The standard InChI is InChI=1S/C17H21FN2O6S/c1-2-5-14(18)19(17(23)24)8-10-27(25,26)11-9-20-15(21)12-6-3-4-7-13(12)16(20)22/h3-4,6-7,14H,2,5,8-11H2,1H3,(H,23,24). The van der Waals surface area contributed by atoms with Gasteiger partial charge in [0.15, 0.2) is 16.1 Å². The van der Waals surface area contributed by atoms with Crippen LogP contribution in [0.2, 0.25) is 0 Å². The van der Waals surface area contributed by atoms with Gasteiger partial charge in [-0.2, -0.15) is 0 Å². The third-order valence-electron chi connectivity index (χ3n) is 4.26. The van der Waals surface area contributed by atoms with E-state index < -0.39 is 52.1 Å².